The fraction of sp³-hybridized carbons (Fsp3) is 0.500. The zero-order valence-corrected chi connectivity index (χ0v) is 10.5. The maximum absolute atomic E-state index is 11.6. The summed E-state index contributed by atoms with van der Waals surface area (Å²) in [7, 11) is 1.82. The second-order valence-corrected chi connectivity index (χ2v) is 4.34. The topological polar surface area (TPSA) is 67.2 Å². The van der Waals surface area contributed by atoms with E-state index in [2.05, 4.69) is 10.4 Å². The van der Waals surface area contributed by atoms with Crippen molar-refractivity contribution in [2.75, 3.05) is 6.61 Å². The molecule has 1 atom stereocenters. The predicted octanol–water partition coefficient (Wildman–Crippen LogP) is 0.710. The van der Waals surface area contributed by atoms with Crippen molar-refractivity contribution >= 4 is 12.0 Å². The predicted molar refractivity (Wildman–Crippen MR) is 66.2 cm³/mol. The monoisotopic (exact) mass is 237 g/mol. The summed E-state index contributed by atoms with van der Waals surface area (Å²) in [5.41, 5.74) is 0.306. The number of aromatic nitrogens is 2. The number of amides is 1. The average Bonchev–Trinajstić information content (AvgIpc) is 2.72. The molecule has 94 valence electrons. The quantitative estimate of drug-likeness (QED) is 0.741. The number of carbonyl (C=O) groups excluding carboxylic acids is 1. The molecule has 0 aromatic carbocycles. The Morgan fingerprint density at radius 2 is 2.41 bits per heavy atom. The van der Waals surface area contributed by atoms with Gasteiger partial charge in [-0.1, -0.05) is 6.92 Å². The van der Waals surface area contributed by atoms with Gasteiger partial charge in [-0.2, -0.15) is 5.10 Å². The molecule has 0 aliphatic rings. The van der Waals surface area contributed by atoms with Crippen molar-refractivity contribution in [2.24, 2.45) is 7.05 Å². The second-order valence-electron chi connectivity index (χ2n) is 4.34. The first-order chi connectivity index (χ1) is 7.99. The molecular formula is C12H19N3O2. The number of rotatable bonds is 5. The molecule has 1 aromatic rings. The molecule has 0 spiro atoms. The van der Waals surface area contributed by atoms with Crippen molar-refractivity contribution in [3.63, 3.8) is 0 Å². The molecule has 0 radical (unpaired) electrons. The van der Waals surface area contributed by atoms with Gasteiger partial charge in [-0.25, -0.2) is 0 Å². The van der Waals surface area contributed by atoms with Gasteiger partial charge in [0, 0.05) is 24.9 Å². The lowest BCUT2D eigenvalue weighted by atomic mass is 10.0. The Balaban J connectivity index is 2.58. The normalized spacial score (nSPS) is 14.8. The molecule has 17 heavy (non-hydrogen) atoms. The zero-order valence-electron chi connectivity index (χ0n) is 10.5. The highest BCUT2D eigenvalue weighted by molar-refractivity contribution is 5.92. The van der Waals surface area contributed by atoms with E-state index >= 15 is 0 Å². The Kier molecular flexibility index (Phi) is 4.45. The highest BCUT2D eigenvalue weighted by Gasteiger charge is 2.21. The van der Waals surface area contributed by atoms with Crippen LogP contribution in [0.2, 0.25) is 0 Å². The van der Waals surface area contributed by atoms with E-state index in [0.717, 1.165) is 5.56 Å². The van der Waals surface area contributed by atoms with E-state index in [1.165, 1.54) is 6.08 Å². The molecule has 0 aliphatic carbocycles. The molecule has 0 saturated carbocycles. The third-order valence-corrected chi connectivity index (χ3v) is 2.71. The number of aliphatic hydroxyl groups excluding tert-OH is 1. The largest absolute Gasteiger partial charge is 0.394 e. The number of aryl methyl sites for hydroxylation is 1. The molecule has 0 bridgehead atoms. The third-order valence-electron chi connectivity index (χ3n) is 2.71. The van der Waals surface area contributed by atoms with Crippen LogP contribution in [0.1, 0.15) is 25.8 Å². The van der Waals surface area contributed by atoms with Gasteiger partial charge >= 0.3 is 0 Å². The molecule has 1 rings (SSSR count). The van der Waals surface area contributed by atoms with Crippen molar-refractivity contribution in [3.05, 3.63) is 24.0 Å². The van der Waals surface area contributed by atoms with Crippen LogP contribution in [0.15, 0.2) is 18.5 Å². The Hall–Kier alpha value is -1.62. The molecule has 5 nitrogen and oxygen atoms in total. The van der Waals surface area contributed by atoms with Crippen LogP contribution in [0, 0.1) is 0 Å². The first-order valence-electron chi connectivity index (χ1n) is 5.59. The highest BCUT2D eigenvalue weighted by Crippen LogP contribution is 2.07. The lowest BCUT2D eigenvalue weighted by Crippen LogP contribution is -2.47. The van der Waals surface area contributed by atoms with Crippen molar-refractivity contribution in [2.45, 2.75) is 25.8 Å². The number of nitrogens with zero attached hydrogens (tertiary/aromatic N) is 2. The summed E-state index contributed by atoms with van der Waals surface area (Å²) in [6, 6.07) is 0. The van der Waals surface area contributed by atoms with Gasteiger partial charge in [-0.15, -0.1) is 0 Å². The third kappa shape index (κ3) is 4.03. The maximum Gasteiger partial charge on any atom is 0.244 e. The van der Waals surface area contributed by atoms with Gasteiger partial charge in [0.2, 0.25) is 5.91 Å². The van der Waals surface area contributed by atoms with E-state index in [0.29, 0.717) is 6.42 Å². The standard InChI is InChI=1S/C12H19N3O2/c1-4-12(2,9-16)14-11(17)6-5-10-7-13-15(3)8-10/h5-8,16H,4,9H2,1-3H3,(H,14,17). The Bertz CT molecular complexity index is 406. The minimum atomic E-state index is -0.559. The summed E-state index contributed by atoms with van der Waals surface area (Å²) >= 11 is 0. The molecule has 1 heterocycles. The SMILES string of the molecule is CCC(C)(CO)NC(=O)C=Cc1cnn(C)c1. The van der Waals surface area contributed by atoms with Gasteiger partial charge in [0.1, 0.15) is 0 Å². The van der Waals surface area contributed by atoms with Crippen LogP contribution in [-0.4, -0.2) is 32.9 Å². The van der Waals surface area contributed by atoms with E-state index in [9.17, 15) is 9.90 Å². The van der Waals surface area contributed by atoms with E-state index in [1.807, 2.05) is 27.1 Å². The molecule has 2 N–H and O–H groups in total. The van der Waals surface area contributed by atoms with Crippen LogP contribution in [0.25, 0.3) is 6.08 Å². The summed E-state index contributed by atoms with van der Waals surface area (Å²) < 4.78 is 1.67. The molecule has 0 fully saturated rings. The number of nitrogens with one attached hydrogen (secondary N) is 1. The number of aliphatic hydroxyl groups is 1. The fourth-order valence-electron chi connectivity index (χ4n) is 1.28. The van der Waals surface area contributed by atoms with Gasteiger partial charge in [0.05, 0.1) is 18.3 Å². The lowest BCUT2D eigenvalue weighted by Gasteiger charge is -2.26. The van der Waals surface area contributed by atoms with Crippen LogP contribution in [0.3, 0.4) is 0 Å². The minimum Gasteiger partial charge on any atom is -0.394 e. The summed E-state index contributed by atoms with van der Waals surface area (Å²) in [5, 5.41) is 15.9. The Labute approximate surface area is 101 Å². The van der Waals surface area contributed by atoms with E-state index in [1.54, 1.807) is 17.0 Å². The molecule has 1 aromatic heterocycles. The van der Waals surface area contributed by atoms with Crippen molar-refractivity contribution in [1.29, 1.82) is 0 Å². The molecule has 5 heteroatoms. The first kappa shape index (κ1) is 13.4. The number of hydrogen-bond donors (Lipinski definition) is 2. The van der Waals surface area contributed by atoms with Crippen LogP contribution in [0.4, 0.5) is 0 Å². The second kappa shape index (κ2) is 5.63. The minimum absolute atomic E-state index is 0.0734. The summed E-state index contributed by atoms with van der Waals surface area (Å²) in [6.07, 6.45) is 7.30. The van der Waals surface area contributed by atoms with Crippen molar-refractivity contribution < 1.29 is 9.90 Å². The van der Waals surface area contributed by atoms with E-state index in [-0.39, 0.29) is 12.5 Å². The summed E-state index contributed by atoms with van der Waals surface area (Å²) in [5.74, 6) is -0.216. The van der Waals surface area contributed by atoms with Crippen LogP contribution in [-0.2, 0) is 11.8 Å². The smallest absolute Gasteiger partial charge is 0.244 e. The zero-order chi connectivity index (χ0) is 12.9. The van der Waals surface area contributed by atoms with Gasteiger partial charge in [-0.05, 0) is 19.4 Å². The molecular weight excluding hydrogens is 218 g/mol. The van der Waals surface area contributed by atoms with Crippen molar-refractivity contribution in [3.8, 4) is 0 Å². The first-order valence-corrected chi connectivity index (χ1v) is 5.59. The number of hydrogen-bond acceptors (Lipinski definition) is 3. The molecule has 1 amide bonds. The fourth-order valence-corrected chi connectivity index (χ4v) is 1.28. The van der Waals surface area contributed by atoms with Crippen LogP contribution >= 0.6 is 0 Å². The Morgan fingerprint density at radius 1 is 1.71 bits per heavy atom. The number of carbonyl (C=O) groups is 1. The summed E-state index contributed by atoms with van der Waals surface area (Å²) in [4.78, 5) is 11.6. The van der Waals surface area contributed by atoms with Crippen molar-refractivity contribution in [1.82, 2.24) is 15.1 Å². The van der Waals surface area contributed by atoms with E-state index in [4.69, 9.17) is 0 Å². The molecule has 1 unspecified atom stereocenters. The molecule has 0 saturated heterocycles. The maximum atomic E-state index is 11.6. The van der Waals surface area contributed by atoms with Gasteiger partial charge in [-0.3, -0.25) is 9.48 Å². The van der Waals surface area contributed by atoms with Gasteiger partial charge in [0.15, 0.2) is 0 Å². The van der Waals surface area contributed by atoms with Crippen LogP contribution in [0.5, 0.6) is 0 Å². The Morgan fingerprint density at radius 3 is 2.88 bits per heavy atom. The van der Waals surface area contributed by atoms with Gasteiger partial charge in [0.25, 0.3) is 0 Å². The highest BCUT2D eigenvalue weighted by atomic mass is 16.3. The molecule has 0 aliphatic heterocycles. The lowest BCUT2D eigenvalue weighted by molar-refractivity contribution is -0.118. The van der Waals surface area contributed by atoms with Crippen LogP contribution < -0.4 is 5.32 Å². The summed E-state index contributed by atoms with van der Waals surface area (Å²) in [6.45, 7) is 3.65. The average molecular weight is 237 g/mol. The van der Waals surface area contributed by atoms with E-state index < -0.39 is 5.54 Å². The van der Waals surface area contributed by atoms with Gasteiger partial charge < -0.3 is 10.4 Å².